The molecule has 11 heteroatoms. The number of carbonyl (C=O) groups excluding carboxylic acids is 1. The third-order valence-electron chi connectivity index (χ3n) is 8.22. The summed E-state index contributed by atoms with van der Waals surface area (Å²) < 4.78 is 41.9. The minimum Gasteiger partial charge on any atom is -0.339 e. The molecule has 7 nitrogen and oxygen atoms in total. The van der Waals surface area contributed by atoms with Gasteiger partial charge in [0.1, 0.15) is 0 Å². The summed E-state index contributed by atoms with van der Waals surface area (Å²) in [5.41, 5.74) is 2.30. The Balaban J connectivity index is 1.24. The quantitative estimate of drug-likeness (QED) is 0.348. The van der Waals surface area contributed by atoms with E-state index in [4.69, 9.17) is 16.6 Å². The van der Waals surface area contributed by atoms with Crippen LogP contribution in [-0.4, -0.2) is 52.7 Å². The highest BCUT2D eigenvalue weighted by Gasteiger charge is 2.39. The van der Waals surface area contributed by atoms with Gasteiger partial charge in [-0.25, -0.2) is 9.97 Å². The van der Waals surface area contributed by atoms with E-state index in [0.717, 1.165) is 37.6 Å². The van der Waals surface area contributed by atoms with Gasteiger partial charge in [0.15, 0.2) is 0 Å². The van der Waals surface area contributed by atoms with E-state index in [-0.39, 0.29) is 18.0 Å². The fourth-order valence-corrected chi connectivity index (χ4v) is 6.13. The molecule has 2 unspecified atom stereocenters. The Morgan fingerprint density at radius 3 is 2.51 bits per heavy atom. The van der Waals surface area contributed by atoms with Crippen molar-refractivity contribution in [1.29, 1.82) is 0 Å². The van der Waals surface area contributed by atoms with Gasteiger partial charge in [-0.2, -0.15) is 13.2 Å². The number of hydrogen-bond donors (Lipinski definition) is 2. The number of halogens is 4. The number of nitrogens with zero attached hydrogens (tertiary/aromatic N) is 4. The lowest BCUT2D eigenvalue weighted by molar-refractivity contribution is -0.137. The molecular weight excluding hydrogens is 577 g/mol. The standard InChI is InChI=1S/C32H30ClF3N6O/c1-37-22-12-14-42(15-13-22)30(43)19-6-9-23(10-7-19)40-31-39-18-20-17-38-29(25-4-2-3-5-27(25)32(34,35)36)26-16-21(33)8-11-24(26)28(20)41-31/h2-11,16,18,22,24,26,37H,12-15,17H2,1H3,(H,39,40,41). The van der Waals surface area contributed by atoms with Crippen LogP contribution in [0.3, 0.4) is 0 Å². The van der Waals surface area contributed by atoms with Gasteiger partial charge in [0.05, 0.1) is 23.5 Å². The predicted octanol–water partition coefficient (Wildman–Crippen LogP) is 6.46. The topological polar surface area (TPSA) is 82.5 Å². The van der Waals surface area contributed by atoms with Crippen LogP contribution in [-0.2, 0) is 12.7 Å². The maximum absolute atomic E-state index is 14.0. The van der Waals surface area contributed by atoms with Crippen LogP contribution >= 0.6 is 11.6 Å². The molecule has 0 saturated carbocycles. The smallest absolute Gasteiger partial charge is 0.339 e. The molecule has 3 aliphatic rings. The number of hydrogen-bond acceptors (Lipinski definition) is 6. The van der Waals surface area contributed by atoms with Crippen molar-refractivity contribution in [3.63, 3.8) is 0 Å². The molecule has 2 aromatic carbocycles. The van der Waals surface area contributed by atoms with Crippen molar-refractivity contribution in [2.45, 2.75) is 37.5 Å². The number of benzene rings is 2. The van der Waals surface area contributed by atoms with E-state index < -0.39 is 23.6 Å². The zero-order valence-electron chi connectivity index (χ0n) is 23.4. The average Bonchev–Trinajstić information content (AvgIpc) is 3.17. The third kappa shape index (κ3) is 6.07. The van der Waals surface area contributed by atoms with Crippen LogP contribution < -0.4 is 10.6 Å². The molecule has 2 atom stereocenters. The first-order chi connectivity index (χ1) is 20.7. The van der Waals surface area contributed by atoms with Gasteiger partial charge in [0.25, 0.3) is 5.91 Å². The van der Waals surface area contributed by atoms with E-state index in [1.54, 1.807) is 36.5 Å². The van der Waals surface area contributed by atoms with E-state index in [1.165, 1.54) is 12.1 Å². The van der Waals surface area contributed by atoms with Crippen LogP contribution in [0.1, 0.15) is 51.5 Å². The number of allylic oxidation sites excluding steroid dienone is 4. The Hall–Kier alpha value is -4.02. The van der Waals surface area contributed by atoms with Crippen molar-refractivity contribution >= 4 is 34.9 Å². The number of alkyl halides is 3. The first-order valence-electron chi connectivity index (χ1n) is 14.2. The summed E-state index contributed by atoms with van der Waals surface area (Å²) in [4.78, 5) is 28.8. The van der Waals surface area contributed by atoms with E-state index >= 15 is 0 Å². The van der Waals surface area contributed by atoms with Gasteiger partial charge in [0, 0.05) is 64.6 Å². The summed E-state index contributed by atoms with van der Waals surface area (Å²) in [5.74, 6) is -0.602. The highest BCUT2D eigenvalue weighted by atomic mass is 35.5. The average molecular weight is 607 g/mol. The molecule has 1 saturated heterocycles. The highest BCUT2D eigenvalue weighted by Crippen LogP contribution is 2.41. The molecule has 3 aromatic rings. The van der Waals surface area contributed by atoms with Crippen LogP contribution in [0.15, 0.2) is 83.0 Å². The molecule has 0 radical (unpaired) electrons. The Labute approximate surface area is 252 Å². The molecule has 6 rings (SSSR count). The van der Waals surface area contributed by atoms with Crippen LogP contribution in [0.4, 0.5) is 24.8 Å². The number of aromatic nitrogens is 2. The monoisotopic (exact) mass is 606 g/mol. The summed E-state index contributed by atoms with van der Waals surface area (Å²) in [5, 5.41) is 6.90. The van der Waals surface area contributed by atoms with Crippen molar-refractivity contribution in [1.82, 2.24) is 20.2 Å². The molecule has 43 heavy (non-hydrogen) atoms. The number of fused-ring (bicyclic) bond motifs is 3. The molecular formula is C32H30ClF3N6O. The van der Waals surface area contributed by atoms with Crippen LogP contribution in [0.5, 0.6) is 0 Å². The second-order valence-electron chi connectivity index (χ2n) is 10.9. The minimum absolute atomic E-state index is 0.00660. The lowest BCUT2D eigenvalue weighted by Crippen LogP contribution is -2.43. The van der Waals surface area contributed by atoms with Gasteiger partial charge < -0.3 is 15.5 Å². The first kappa shape index (κ1) is 29.1. The lowest BCUT2D eigenvalue weighted by atomic mass is 9.79. The zero-order chi connectivity index (χ0) is 30.1. The van der Waals surface area contributed by atoms with Crippen LogP contribution in [0.2, 0.25) is 0 Å². The number of aliphatic imine (C=N–C) groups is 1. The molecule has 0 spiro atoms. The fourth-order valence-electron chi connectivity index (χ4n) is 5.92. The van der Waals surface area contributed by atoms with Crippen LogP contribution in [0, 0.1) is 5.92 Å². The van der Waals surface area contributed by atoms with Crippen molar-refractivity contribution < 1.29 is 18.0 Å². The number of rotatable bonds is 5. The van der Waals surface area contributed by atoms with Gasteiger partial charge in [-0.1, -0.05) is 42.0 Å². The SMILES string of the molecule is CNC1CCN(C(=O)c2ccc(Nc3ncc4c(n3)C3C=CC(Cl)=CC3C(c3ccccc3C(F)(F)F)=NC4)cc2)CC1. The van der Waals surface area contributed by atoms with Crippen molar-refractivity contribution in [2.24, 2.45) is 10.9 Å². The van der Waals surface area contributed by atoms with Gasteiger partial charge in [-0.05, 0) is 56.3 Å². The fraction of sp³-hybridized carbons (Fsp3) is 0.312. The summed E-state index contributed by atoms with van der Waals surface area (Å²) in [6.45, 7) is 1.57. The second-order valence-corrected chi connectivity index (χ2v) is 11.3. The largest absolute Gasteiger partial charge is 0.417 e. The number of likely N-dealkylation sites (tertiary alicyclic amines) is 1. The van der Waals surface area contributed by atoms with Gasteiger partial charge in [-0.3, -0.25) is 9.79 Å². The molecule has 2 aliphatic heterocycles. The number of amides is 1. The summed E-state index contributed by atoms with van der Waals surface area (Å²) >= 11 is 6.36. The molecule has 1 aliphatic carbocycles. The predicted molar refractivity (Wildman–Crippen MR) is 161 cm³/mol. The normalized spacial score (nSPS) is 20.4. The van der Waals surface area contributed by atoms with Gasteiger partial charge in [0.2, 0.25) is 5.95 Å². The molecule has 1 fully saturated rings. The third-order valence-corrected chi connectivity index (χ3v) is 8.48. The Bertz CT molecular complexity index is 1610. The first-order valence-corrected chi connectivity index (χ1v) is 14.5. The number of piperidine rings is 1. The summed E-state index contributed by atoms with van der Waals surface area (Å²) in [6.07, 6.45) is 4.31. The Morgan fingerprint density at radius 2 is 1.79 bits per heavy atom. The van der Waals surface area contributed by atoms with Gasteiger partial charge >= 0.3 is 6.18 Å². The van der Waals surface area contributed by atoms with Crippen molar-refractivity contribution in [3.05, 3.63) is 106 Å². The van der Waals surface area contributed by atoms with E-state index in [1.807, 2.05) is 30.2 Å². The van der Waals surface area contributed by atoms with Crippen molar-refractivity contribution in [2.75, 3.05) is 25.5 Å². The molecule has 3 heterocycles. The van der Waals surface area contributed by atoms with Crippen molar-refractivity contribution in [3.8, 4) is 0 Å². The van der Waals surface area contributed by atoms with Gasteiger partial charge in [-0.15, -0.1) is 0 Å². The molecule has 2 N–H and O–H groups in total. The van der Waals surface area contributed by atoms with E-state index in [2.05, 4.69) is 20.6 Å². The maximum Gasteiger partial charge on any atom is 0.417 e. The summed E-state index contributed by atoms with van der Waals surface area (Å²) in [7, 11) is 1.95. The molecule has 1 aromatic heterocycles. The zero-order valence-corrected chi connectivity index (χ0v) is 24.2. The van der Waals surface area contributed by atoms with E-state index in [9.17, 15) is 18.0 Å². The second kappa shape index (κ2) is 11.9. The lowest BCUT2D eigenvalue weighted by Gasteiger charge is -2.31. The van der Waals surface area contributed by atoms with Crippen LogP contribution in [0.25, 0.3) is 0 Å². The Kier molecular flexibility index (Phi) is 8.07. The summed E-state index contributed by atoms with van der Waals surface area (Å²) in [6, 6.07) is 13.1. The maximum atomic E-state index is 14.0. The minimum atomic E-state index is -4.54. The Morgan fingerprint density at radius 1 is 1.05 bits per heavy atom. The molecule has 0 bridgehead atoms. The number of anilines is 2. The molecule has 222 valence electrons. The number of nitrogens with one attached hydrogen (secondary N) is 2. The highest BCUT2D eigenvalue weighted by molar-refractivity contribution is 6.31. The van der Waals surface area contributed by atoms with E-state index in [0.29, 0.717) is 39.7 Å². The number of carbonyl (C=O) groups is 1. The molecule has 1 amide bonds.